The Morgan fingerprint density at radius 1 is 1.14 bits per heavy atom. The minimum absolute atomic E-state index is 0.0167. The molecule has 0 spiro atoms. The van der Waals surface area contributed by atoms with Crippen LogP contribution < -0.4 is 15.4 Å². The average molecular weight is 412 g/mol. The van der Waals surface area contributed by atoms with Crippen molar-refractivity contribution in [3.63, 3.8) is 0 Å². The van der Waals surface area contributed by atoms with Crippen LogP contribution in [0.2, 0.25) is 0 Å². The molecule has 6 nitrogen and oxygen atoms in total. The van der Waals surface area contributed by atoms with Gasteiger partial charge in [0.05, 0.1) is 11.5 Å². The fourth-order valence-electron chi connectivity index (χ4n) is 2.92. The zero-order chi connectivity index (χ0) is 20.6. The predicted molar refractivity (Wildman–Crippen MR) is 115 cm³/mol. The Morgan fingerprint density at radius 3 is 2.72 bits per heavy atom. The monoisotopic (exact) mass is 411 g/mol. The Kier molecular flexibility index (Phi) is 7.19. The van der Waals surface area contributed by atoms with E-state index >= 15 is 0 Å². The molecule has 0 fully saturated rings. The number of benzene rings is 1. The Balaban J connectivity index is 1.46. The molecule has 7 heteroatoms. The third kappa shape index (κ3) is 5.54. The molecule has 0 bridgehead atoms. The van der Waals surface area contributed by atoms with Gasteiger partial charge in [-0.3, -0.25) is 14.6 Å². The highest BCUT2D eigenvalue weighted by molar-refractivity contribution is 7.12. The van der Waals surface area contributed by atoms with Gasteiger partial charge in [0.1, 0.15) is 17.3 Å². The maximum atomic E-state index is 12.5. The summed E-state index contributed by atoms with van der Waals surface area (Å²) in [6, 6.07) is 12.7. The van der Waals surface area contributed by atoms with Crippen LogP contribution in [0.5, 0.6) is 5.75 Å². The third-order valence-corrected chi connectivity index (χ3v) is 5.32. The number of pyridine rings is 1. The maximum absolute atomic E-state index is 12.5. The lowest BCUT2D eigenvalue weighted by molar-refractivity contribution is -0.123. The number of carbonyl (C=O) groups is 2. The number of nitrogens with one attached hydrogen (secondary N) is 2. The minimum atomic E-state index is -0.576. The van der Waals surface area contributed by atoms with Gasteiger partial charge in [-0.05, 0) is 35.9 Å². The van der Waals surface area contributed by atoms with Crippen molar-refractivity contribution in [2.45, 2.75) is 26.3 Å². The molecule has 0 radical (unpaired) electrons. The molecule has 152 valence electrons. The fourth-order valence-corrected chi connectivity index (χ4v) is 3.55. The lowest BCUT2D eigenvalue weighted by atomic mass is 10.0. The van der Waals surface area contributed by atoms with Crippen LogP contribution in [0.15, 0.2) is 54.0 Å². The predicted octanol–water partition coefficient (Wildman–Crippen LogP) is 3.64. The van der Waals surface area contributed by atoms with Crippen LogP contribution in [-0.2, 0) is 4.79 Å². The van der Waals surface area contributed by atoms with Crippen molar-refractivity contribution in [1.82, 2.24) is 15.6 Å². The highest BCUT2D eigenvalue weighted by Gasteiger charge is 2.24. The van der Waals surface area contributed by atoms with Gasteiger partial charge in [0.25, 0.3) is 5.91 Å². The molecule has 0 saturated carbocycles. The van der Waals surface area contributed by atoms with E-state index in [1.54, 1.807) is 12.3 Å². The van der Waals surface area contributed by atoms with Crippen molar-refractivity contribution in [3.05, 3.63) is 58.9 Å². The van der Waals surface area contributed by atoms with E-state index in [1.165, 1.54) is 11.3 Å². The fraction of sp³-hybridized carbons (Fsp3) is 0.318. The van der Waals surface area contributed by atoms with Crippen LogP contribution in [0.1, 0.15) is 29.9 Å². The van der Waals surface area contributed by atoms with Crippen LogP contribution in [0, 0.1) is 5.92 Å². The van der Waals surface area contributed by atoms with E-state index in [0.717, 1.165) is 16.7 Å². The minimum Gasteiger partial charge on any atom is -0.491 e. The average Bonchev–Trinajstić information content (AvgIpc) is 3.26. The van der Waals surface area contributed by atoms with Gasteiger partial charge in [-0.15, -0.1) is 11.3 Å². The van der Waals surface area contributed by atoms with Gasteiger partial charge in [-0.25, -0.2) is 0 Å². The number of aromatic nitrogens is 1. The molecular formula is C22H25N3O3S. The van der Waals surface area contributed by atoms with E-state index in [1.807, 2.05) is 55.6 Å². The van der Waals surface area contributed by atoms with E-state index in [9.17, 15) is 9.59 Å². The van der Waals surface area contributed by atoms with Gasteiger partial charge in [0.15, 0.2) is 0 Å². The molecule has 2 amide bonds. The van der Waals surface area contributed by atoms with E-state index in [4.69, 9.17) is 4.74 Å². The van der Waals surface area contributed by atoms with Crippen LogP contribution in [-0.4, -0.2) is 36.0 Å². The van der Waals surface area contributed by atoms with Crippen molar-refractivity contribution in [2.75, 3.05) is 13.2 Å². The number of carbonyl (C=O) groups excluding carboxylic acids is 2. The number of ether oxygens (including phenoxy) is 1. The maximum Gasteiger partial charge on any atom is 0.262 e. The summed E-state index contributed by atoms with van der Waals surface area (Å²) in [4.78, 5) is 29.7. The first-order valence-corrected chi connectivity index (χ1v) is 10.5. The largest absolute Gasteiger partial charge is 0.491 e. The molecule has 1 atom stereocenters. The van der Waals surface area contributed by atoms with Crippen LogP contribution in [0.3, 0.4) is 0 Å². The summed E-state index contributed by atoms with van der Waals surface area (Å²) in [6.45, 7) is 4.75. The Bertz CT molecular complexity index is 952. The summed E-state index contributed by atoms with van der Waals surface area (Å²) in [7, 11) is 0. The zero-order valence-corrected chi connectivity index (χ0v) is 17.4. The number of hydrogen-bond acceptors (Lipinski definition) is 5. The van der Waals surface area contributed by atoms with Gasteiger partial charge < -0.3 is 15.4 Å². The topological polar surface area (TPSA) is 80.3 Å². The molecule has 1 aromatic carbocycles. The smallest absolute Gasteiger partial charge is 0.262 e. The van der Waals surface area contributed by atoms with E-state index in [0.29, 0.717) is 24.4 Å². The number of amides is 2. The molecule has 0 aliphatic heterocycles. The normalized spacial score (nSPS) is 12.0. The molecule has 2 aromatic heterocycles. The van der Waals surface area contributed by atoms with Crippen molar-refractivity contribution in [2.24, 2.45) is 5.92 Å². The summed E-state index contributed by atoms with van der Waals surface area (Å²) >= 11 is 1.35. The number of nitrogens with zero attached hydrogens (tertiary/aromatic N) is 1. The molecule has 2 N–H and O–H groups in total. The highest BCUT2D eigenvalue weighted by atomic mass is 32.1. The molecular weight excluding hydrogens is 386 g/mol. The summed E-state index contributed by atoms with van der Waals surface area (Å²) in [5.74, 6) is 0.312. The Labute approximate surface area is 174 Å². The molecule has 0 saturated heterocycles. The lowest BCUT2D eigenvalue weighted by Crippen LogP contribution is -2.49. The Hall–Kier alpha value is -2.93. The van der Waals surface area contributed by atoms with E-state index in [-0.39, 0.29) is 17.7 Å². The first-order chi connectivity index (χ1) is 14.1. The van der Waals surface area contributed by atoms with Crippen molar-refractivity contribution < 1.29 is 14.3 Å². The van der Waals surface area contributed by atoms with Crippen molar-refractivity contribution in [3.8, 4) is 5.75 Å². The molecule has 1 unspecified atom stereocenters. The highest BCUT2D eigenvalue weighted by Crippen LogP contribution is 2.22. The number of para-hydroxylation sites is 1. The zero-order valence-electron chi connectivity index (χ0n) is 16.6. The molecule has 2 heterocycles. The van der Waals surface area contributed by atoms with Gasteiger partial charge in [0, 0.05) is 18.1 Å². The SMILES string of the molecule is CC(C)C(NC(=O)c1cccs1)C(=O)NCCCOc1cccc2cccnc12. The molecule has 0 aliphatic carbocycles. The van der Waals surface area contributed by atoms with Gasteiger partial charge in [-0.1, -0.05) is 38.1 Å². The van der Waals surface area contributed by atoms with Crippen LogP contribution in [0.25, 0.3) is 10.9 Å². The Morgan fingerprint density at radius 2 is 1.97 bits per heavy atom. The van der Waals surface area contributed by atoms with Crippen molar-refractivity contribution >= 4 is 34.1 Å². The van der Waals surface area contributed by atoms with E-state index < -0.39 is 6.04 Å². The first-order valence-electron chi connectivity index (χ1n) is 9.65. The van der Waals surface area contributed by atoms with Gasteiger partial charge >= 0.3 is 0 Å². The third-order valence-electron chi connectivity index (χ3n) is 4.45. The quantitative estimate of drug-likeness (QED) is 0.527. The lowest BCUT2D eigenvalue weighted by Gasteiger charge is -2.21. The summed E-state index contributed by atoms with van der Waals surface area (Å²) in [5, 5.41) is 8.58. The first kappa shape index (κ1) is 20.8. The van der Waals surface area contributed by atoms with Crippen LogP contribution in [0.4, 0.5) is 0 Å². The number of thiophene rings is 1. The number of fused-ring (bicyclic) bond motifs is 1. The summed E-state index contributed by atoms with van der Waals surface area (Å²) in [6.07, 6.45) is 2.39. The number of hydrogen-bond donors (Lipinski definition) is 2. The van der Waals surface area contributed by atoms with Gasteiger partial charge in [0.2, 0.25) is 5.91 Å². The summed E-state index contributed by atoms with van der Waals surface area (Å²) < 4.78 is 5.84. The van der Waals surface area contributed by atoms with E-state index in [2.05, 4.69) is 15.6 Å². The second kappa shape index (κ2) is 10.0. The van der Waals surface area contributed by atoms with Gasteiger partial charge in [-0.2, -0.15) is 0 Å². The van der Waals surface area contributed by atoms with Crippen LogP contribution >= 0.6 is 11.3 Å². The standard InChI is InChI=1S/C22H25N3O3S/c1-15(2)19(25-21(26)18-10-5-14-29-18)22(27)24-12-6-13-28-17-9-3-7-16-8-4-11-23-20(16)17/h3-5,7-11,14-15,19H,6,12-13H2,1-2H3,(H,24,27)(H,25,26). The second-order valence-corrected chi connectivity index (χ2v) is 7.94. The number of rotatable bonds is 9. The molecule has 0 aliphatic rings. The second-order valence-electron chi connectivity index (χ2n) is 7.00. The summed E-state index contributed by atoms with van der Waals surface area (Å²) in [5.41, 5.74) is 0.829. The van der Waals surface area contributed by atoms with Crippen molar-refractivity contribution in [1.29, 1.82) is 0 Å². The molecule has 3 aromatic rings. The molecule has 29 heavy (non-hydrogen) atoms. The molecule has 3 rings (SSSR count).